The molecule has 1 amide bonds. The maximum absolute atomic E-state index is 11.9. The number of carbonyl (C=O) groups excluding carboxylic acids is 1. The van der Waals surface area contributed by atoms with Gasteiger partial charge in [0.1, 0.15) is 5.75 Å². The Kier molecular flexibility index (Phi) is 5.41. The number of anilines is 1. The molecule has 1 heterocycles. The Morgan fingerprint density at radius 2 is 1.88 bits per heavy atom. The number of ether oxygens (including phenoxy) is 1. The minimum absolute atomic E-state index is 0.0268. The molecule has 0 unspecified atom stereocenters. The fraction of sp³-hybridized carbons (Fsp3) is 0.211. The SMILES string of the molecule is COc1ccc(-c2noc(CCCC(=O)Nc3ccccc3)n2)cc1. The highest BCUT2D eigenvalue weighted by molar-refractivity contribution is 5.90. The van der Waals surface area contributed by atoms with Crippen LogP contribution >= 0.6 is 0 Å². The Morgan fingerprint density at radius 3 is 2.60 bits per heavy atom. The van der Waals surface area contributed by atoms with Gasteiger partial charge in [-0.15, -0.1) is 0 Å². The lowest BCUT2D eigenvalue weighted by Gasteiger charge is -2.03. The molecule has 0 fully saturated rings. The van der Waals surface area contributed by atoms with Gasteiger partial charge in [0.25, 0.3) is 0 Å². The Hall–Kier alpha value is -3.15. The minimum atomic E-state index is -0.0268. The number of amides is 1. The molecule has 0 saturated heterocycles. The summed E-state index contributed by atoms with van der Waals surface area (Å²) in [6, 6.07) is 16.8. The summed E-state index contributed by atoms with van der Waals surface area (Å²) in [4.78, 5) is 16.3. The van der Waals surface area contributed by atoms with Gasteiger partial charge in [0.05, 0.1) is 7.11 Å². The Bertz CT molecular complexity index is 813. The summed E-state index contributed by atoms with van der Waals surface area (Å²) >= 11 is 0. The average Bonchev–Trinajstić information content (AvgIpc) is 3.11. The number of benzene rings is 2. The number of nitrogens with zero attached hydrogens (tertiary/aromatic N) is 2. The molecule has 0 bridgehead atoms. The largest absolute Gasteiger partial charge is 0.497 e. The molecule has 0 aliphatic carbocycles. The average molecular weight is 337 g/mol. The standard InChI is InChI=1S/C19H19N3O3/c1-24-16-12-10-14(11-13-16)19-21-18(25-22-19)9-5-8-17(23)20-15-6-3-2-4-7-15/h2-4,6-7,10-13H,5,8-9H2,1H3,(H,20,23). The van der Waals surface area contributed by atoms with Gasteiger partial charge in [0.15, 0.2) is 0 Å². The smallest absolute Gasteiger partial charge is 0.226 e. The summed E-state index contributed by atoms with van der Waals surface area (Å²) in [6.07, 6.45) is 1.60. The Labute approximate surface area is 145 Å². The summed E-state index contributed by atoms with van der Waals surface area (Å²) in [5.41, 5.74) is 1.66. The Balaban J connectivity index is 1.49. The van der Waals surface area contributed by atoms with E-state index < -0.39 is 0 Å². The van der Waals surface area contributed by atoms with Gasteiger partial charge >= 0.3 is 0 Å². The number of para-hydroxylation sites is 1. The zero-order valence-electron chi connectivity index (χ0n) is 13.9. The molecule has 6 nitrogen and oxygen atoms in total. The topological polar surface area (TPSA) is 77.2 Å². The first-order chi connectivity index (χ1) is 12.2. The highest BCUT2D eigenvalue weighted by Gasteiger charge is 2.10. The maximum atomic E-state index is 11.9. The number of nitrogens with one attached hydrogen (secondary N) is 1. The highest BCUT2D eigenvalue weighted by atomic mass is 16.5. The zero-order valence-corrected chi connectivity index (χ0v) is 13.9. The second-order valence-corrected chi connectivity index (χ2v) is 5.51. The first-order valence-corrected chi connectivity index (χ1v) is 8.06. The number of rotatable bonds is 7. The lowest BCUT2D eigenvalue weighted by Crippen LogP contribution is -2.11. The molecule has 25 heavy (non-hydrogen) atoms. The number of aromatic nitrogens is 2. The molecular formula is C19H19N3O3. The van der Waals surface area contributed by atoms with Crippen LogP contribution in [0.1, 0.15) is 18.7 Å². The lowest BCUT2D eigenvalue weighted by molar-refractivity contribution is -0.116. The van der Waals surface area contributed by atoms with Gasteiger partial charge in [0, 0.05) is 24.1 Å². The van der Waals surface area contributed by atoms with E-state index in [0.29, 0.717) is 31.0 Å². The molecular weight excluding hydrogens is 318 g/mol. The fourth-order valence-corrected chi connectivity index (χ4v) is 2.36. The van der Waals surface area contributed by atoms with Crippen LogP contribution in [-0.2, 0) is 11.2 Å². The molecule has 3 rings (SSSR count). The van der Waals surface area contributed by atoms with E-state index in [1.165, 1.54) is 0 Å². The molecule has 0 aliphatic rings. The summed E-state index contributed by atoms with van der Waals surface area (Å²) in [5, 5.41) is 6.83. The van der Waals surface area contributed by atoms with E-state index in [1.807, 2.05) is 54.6 Å². The van der Waals surface area contributed by atoms with Crippen molar-refractivity contribution in [1.29, 1.82) is 0 Å². The highest BCUT2D eigenvalue weighted by Crippen LogP contribution is 2.20. The van der Waals surface area contributed by atoms with Crippen molar-refractivity contribution >= 4 is 11.6 Å². The van der Waals surface area contributed by atoms with Gasteiger partial charge in [-0.3, -0.25) is 4.79 Å². The monoisotopic (exact) mass is 337 g/mol. The van der Waals surface area contributed by atoms with Crippen LogP contribution in [0.4, 0.5) is 5.69 Å². The molecule has 0 saturated carbocycles. The normalized spacial score (nSPS) is 10.4. The molecule has 0 radical (unpaired) electrons. The summed E-state index contributed by atoms with van der Waals surface area (Å²) < 4.78 is 10.4. The van der Waals surface area contributed by atoms with Gasteiger partial charge < -0.3 is 14.6 Å². The third kappa shape index (κ3) is 4.67. The number of hydrogen-bond acceptors (Lipinski definition) is 5. The first kappa shape index (κ1) is 16.7. The number of aryl methyl sites for hydroxylation is 1. The van der Waals surface area contributed by atoms with Crippen molar-refractivity contribution in [2.75, 3.05) is 12.4 Å². The van der Waals surface area contributed by atoms with Crippen molar-refractivity contribution in [3.05, 3.63) is 60.5 Å². The van der Waals surface area contributed by atoms with Crippen LogP contribution in [0.3, 0.4) is 0 Å². The van der Waals surface area contributed by atoms with E-state index in [0.717, 1.165) is 17.0 Å². The van der Waals surface area contributed by atoms with Gasteiger partial charge in [-0.2, -0.15) is 4.98 Å². The van der Waals surface area contributed by atoms with Crippen LogP contribution < -0.4 is 10.1 Å². The van der Waals surface area contributed by atoms with E-state index in [1.54, 1.807) is 7.11 Å². The van der Waals surface area contributed by atoms with Crippen LogP contribution in [0.2, 0.25) is 0 Å². The van der Waals surface area contributed by atoms with Gasteiger partial charge in [0.2, 0.25) is 17.6 Å². The predicted molar refractivity (Wildman–Crippen MR) is 94.3 cm³/mol. The molecule has 0 aliphatic heterocycles. The van der Waals surface area contributed by atoms with Crippen LogP contribution in [0.15, 0.2) is 59.1 Å². The molecule has 128 valence electrons. The lowest BCUT2D eigenvalue weighted by atomic mass is 10.2. The molecule has 2 aromatic carbocycles. The molecule has 0 spiro atoms. The second-order valence-electron chi connectivity index (χ2n) is 5.51. The first-order valence-electron chi connectivity index (χ1n) is 8.06. The van der Waals surface area contributed by atoms with Crippen molar-refractivity contribution in [2.24, 2.45) is 0 Å². The van der Waals surface area contributed by atoms with E-state index in [9.17, 15) is 4.79 Å². The van der Waals surface area contributed by atoms with Gasteiger partial charge in [-0.1, -0.05) is 23.4 Å². The van der Waals surface area contributed by atoms with Crippen LogP contribution in [0, 0.1) is 0 Å². The van der Waals surface area contributed by atoms with Crippen molar-refractivity contribution in [3.8, 4) is 17.1 Å². The van der Waals surface area contributed by atoms with Crippen LogP contribution in [0.5, 0.6) is 5.75 Å². The van der Waals surface area contributed by atoms with E-state index in [4.69, 9.17) is 9.26 Å². The van der Waals surface area contributed by atoms with E-state index >= 15 is 0 Å². The third-order valence-corrected chi connectivity index (χ3v) is 3.67. The summed E-state index contributed by atoms with van der Waals surface area (Å²) in [6.45, 7) is 0. The van der Waals surface area contributed by atoms with Crippen molar-refractivity contribution in [3.63, 3.8) is 0 Å². The maximum Gasteiger partial charge on any atom is 0.226 e. The second kappa shape index (κ2) is 8.10. The molecule has 1 N–H and O–H groups in total. The predicted octanol–water partition coefficient (Wildman–Crippen LogP) is 3.71. The zero-order chi connectivity index (χ0) is 17.5. The molecule has 1 aromatic heterocycles. The molecule has 3 aromatic rings. The number of methoxy groups -OCH3 is 1. The van der Waals surface area contributed by atoms with Crippen molar-refractivity contribution in [2.45, 2.75) is 19.3 Å². The molecule has 6 heteroatoms. The Morgan fingerprint density at radius 1 is 1.12 bits per heavy atom. The van der Waals surface area contributed by atoms with E-state index in [2.05, 4.69) is 15.5 Å². The number of carbonyl (C=O) groups is 1. The van der Waals surface area contributed by atoms with E-state index in [-0.39, 0.29) is 5.91 Å². The molecule has 0 atom stereocenters. The van der Waals surface area contributed by atoms with Crippen molar-refractivity contribution < 1.29 is 14.1 Å². The summed E-state index contributed by atoms with van der Waals surface area (Å²) in [5.74, 6) is 1.81. The third-order valence-electron chi connectivity index (χ3n) is 3.67. The minimum Gasteiger partial charge on any atom is -0.497 e. The van der Waals surface area contributed by atoms with Gasteiger partial charge in [-0.05, 0) is 42.8 Å². The van der Waals surface area contributed by atoms with Gasteiger partial charge in [-0.25, -0.2) is 0 Å². The fourth-order valence-electron chi connectivity index (χ4n) is 2.36. The van der Waals surface area contributed by atoms with Crippen molar-refractivity contribution in [1.82, 2.24) is 10.1 Å². The number of hydrogen-bond donors (Lipinski definition) is 1. The van der Waals surface area contributed by atoms with Crippen LogP contribution in [0.25, 0.3) is 11.4 Å². The quantitative estimate of drug-likeness (QED) is 0.711. The van der Waals surface area contributed by atoms with Crippen LogP contribution in [-0.4, -0.2) is 23.2 Å². The summed E-state index contributed by atoms with van der Waals surface area (Å²) in [7, 11) is 1.62.